The Morgan fingerprint density at radius 1 is 1.22 bits per heavy atom. The van der Waals surface area contributed by atoms with E-state index in [1.54, 1.807) is 17.0 Å². The van der Waals surface area contributed by atoms with Gasteiger partial charge in [0.15, 0.2) is 16.4 Å². The summed E-state index contributed by atoms with van der Waals surface area (Å²) in [5, 5.41) is 0. The maximum absolute atomic E-state index is 12.4. The molecule has 0 radical (unpaired) electrons. The van der Waals surface area contributed by atoms with Crippen molar-refractivity contribution in [2.24, 2.45) is 0 Å². The number of carbonyl (C=O) groups excluding carboxylic acids is 2. The van der Waals surface area contributed by atoms with Gasteiger partial charge in [0.05, 0.1) is 11.5 Å². The number of pyridine rings is 1. The fourth-order valence-corrected chi connectivity index (χ4v) is 4.52. The Morgan fingerprint density at radius 2 is 2.00 bits per heavy atom. The van der Waals surface area contributed by atoms with E-state index >= 15 is 0 Å². The van der Waals surface area contributed by atoms with Gasteiger partial charge in [0.2, 0.25) is 0 Å². The van der Waals surface area contributed by atoms with Crippen LogP contribution in [-0.4, -0.2) is 60.4 Å². The van der Waals surface area contributed by atoms with Gasteiger partial charge >= 0.3 is 5.97 Å². The molecule has 1 saturated heterocycles. The molecular formula is C15H18N2O5S. The van der Waals surface area contributed by atoms with E-state index in [0.29, 0.717) is 6.42 Å². The van der Waals surface area contributed by atoms with Crippen molar-refractivity contribution in [1.82, 2.24) is 9.88 Å². The first kappa shape index (κ1) is 15.9. The number of hydrogen-bond donors (Lipinski definition) is 0. The summed E-state index contributed by atoms with van der Waals surface area (Å²) in [4.78, 5) is 29.7. The summed E-state index contributed by atoms with van der Waals surface area (Å²) in [5.41, 5.74) is 0.140. The van der Waals surface area contributed by atoms with Crippen LogP contribution in [0.3, 0.4) is 0 Å². The summed E-state index contributed by atoms with van der Waals surface area (Å²) in [7, 11) is -3.07. The highest BCUT2D eigenvalue weighted by Gasteiger charge is 2.42. The highest BCUT2D eigenvalue weighted by molar-refractivity contribution is 7.91. The van der Waals surface area contributed by atoms with Crippen LogP contribution in [0, 0.1) is 0 Å². The zero-order valence-corrected chi connectivity index (χ0v) is 13.4. The summed E-state index contributed by atoms with van der Waals surface area (Å²) in [6.07, 6.45) is 3.67. The average molecular weight is 338 g/mol. The van der Waals surface area contributed by atoms with Gasteiger partial charge in [-0.2, -0.15) is 0 Å². The molecule has 1 saturated carbocycles. The second kappa shape index (κ2) is 6.27. The monoisotopic (exact) mass is 338 g/mol. The molecule has 0 aromatic carbocycles. The van der Waals surface area contributed by atoms with E-state index in [0.717, 1.165) is 12.8 Å². The lowest BCUT2D eigenvalue weighted by atomic mass is 10.2. The van der Waals surface area contributed by atoms with Crippen LogP contribution in [0.2, 0.25) is 0 Å². The molecule has 3 rings (SSSR count). The van der Waals surface area contributed by atoms with E-state index in [1.165, 1.54) is 12.3 Å². The van der Waals surface area contributed by atoms with E-state index in [9.17, 15) is 18.0 Å². The van der Waals surface area contributed by atoms with Crippen molar-refractivity contribution >= 4 is 21.7 Å². The Hall–Kier alpha value is -1.96. The van der Waals surface area contributed by atoms with Crippen LogP contribution in [0.5, 0.6) is 0 Å². The second-order valence-electron chi connectivity index (χ2n) is 5.88. The van der Waals surface area contributed by atoms with Crippen molar-refractivity contribution in [2.45, 2.75) is 31.3 Å². The molecule has 1 aromatic rings. The van der Waals surface area contributed by atoms with Crippen LogP contribution in [-0.2, 0) is 19.4 Å². The number of aromatic nitrogens is 1. The van der Waals surface area contributed by atoms with Gasteiger partial charge in [-0.05, 0) is 31.4 Å². The summed E-state index contributed by atoms with van der Waals surface area (Å²) in [6, 6.07) is 4.63. The van der Waals surface area contributed by atoms with Crippen LogP contribution in [0.4, 0.5) is 0 Å². The molecule has 0 unspecified atom stereocenters. The third kappa shape index (κ3) is 3.87. The molecule has 1 aromatic heterocycles. The summed E-state index contributed by atoms with van der Waals surface area (Å²) in [5.74, 6) is -0.877. The van der Waals surface area contributed by atoms with Crippen LogP contribution in [0.25, 0.3) is 0 Å². The minimum absolute atomic E-state index is 0.00340. The number of rotatable bonds is 5. The van der Waals surface area contributed by atoms with Gasteiger partial charge < -0.3 is 9.64 Å². The van der Waals surface area contributed by atoms with Crippen molar-refractivity contribution in [1.29, 1.82) is 0 Å². The van der Waals surface area contributed by atoms with E-state index in [1.807, 2.05) is 0 Å². The Balaban J connectivity index is 1.60. The van der Waals surface area contributed by atoms with Crippen molar-refractivity contribution < 1.29 is 22.7 Å². The Bertz CT molecular complexity index is 700. The van der Waals surface area contributed by atoms with Crippen molar-refractivity contribution in [2.75, 3.05) is 18.1 Å². The van der Waals surface area contributed by atoms with Crippen molar-refractivity contribution in [3.63, 3.8) is 0 Å². The number of hydrogen-bond acceptors (Lipinski definition) is 6. The first-order valence-electron chi connectivity index (χ1n) is 7.56. The zero-order valence-electron chi connectivity index (χ0n) is 12.6. The predicted molar refractivity (Wildman–Crippen MR) is 81.4 cm³/mol. The van der Waals surface area contributed by atoms with Crippen LogP contribution in [0.15, 0.2) is 24.4 Å². The van der Waals surface area contributed by atoms with Crippen LogP contribution in [0.1, 0.15) is 29.8 Å². The fourth-order valence-electron chi connectivity index (χ4n) is 2.81. The lowest BCUT2D eigenvalue weighted by molar-refractivity contribution is -0.137. The van der Waals surface area contributed by atoms with Gasteiger partial charge in [-0.15, -0.1) is 0 Å². The fraction of sp³-hybridized carbons (Fsp3) is 0.533. The molecule has 0 spiro atoms. The maximum Gasteiger partial charge on any atom is 0.357 e. The molecule has 1 amide bonds. The zero-order chi connectivity index (χ0) is 16.4. The van der Waals surface area contributed by atoms with E-state index in [2.05, 4.69) is 4.98 Å². The van der Waals surface area contributed by atoms with Gasteiger partial charge in [0.1, 0.15) is 5.69 Å². The molecule has 2 aliphatic rings. The molecule has 23 heavy (non-hydrogen) atoms. The molecule has 1 aliphatic carbocycles. The van der Waals surface area contributed by atoms with Gasteiger partial charge in [-0.25, -0.2) is 18.2 Å². The largest absolute Gasteiger partial charge is 0.451 e. The average Bonchev–Trinajstić information content (AvgIpc) is 3.29. The number of ether oxygens (including phenoxy) is 1. The highest BCUT2D eigenvalue weighted by atomic mass is 32.2. The third-order valence-electron chi connectivity index (χ3n) is 4.03. The number of esters is 1. The normalized spacial score (nSPS) is 22.5. The topological polar surface area (TPSA) is 93.6 Å². The Morgan fingerprint density at radius 3 is 2.57 bits per heavy atom. The number of sulfone groups is 1. The molecule has 7 nitrogen and oxygen atoms in total. The lowest BCUT2D eigenvalue weighted by Crippen LogP contribution is -2.44. The molecular weight excluding hydrogens is 320 g/mol. The predicted octanol–water partition coefficient (Wildman–Crippen LogP) is 0.416. The Labute approximate surface area is 134 Å². The van der Waals surface area contributed by atoms with Crippen LogP contribution >= 0.6 is 0 Å². The molecule has 8 heteroatoms. The molecule has 0 bridgehead atoms. The number of amides is 1. The van der Waals surface area contributed by atoms with Crippen molar-refractivity contribution in [3.05, 3.63) is 30.1 Å². The molecule has 1 aliphatic heterocycles. The molecule has 0 N–H and O–H groups in total. The number of carbonyl (C=O) groups is 2. The minimum Gasteiger partial charge on any atom is -0.451 e. The molecule has 124 valence electrons. The number of nitrogens with zero attached hydrogens (tertiary/aromatic N) is 2. The highest BCUT2D eigenvalue weighted by Crippen LogP contribution is 2.32. The smallest absolute Gasteiger partial charge is 0.357 e. The van der Waals surface area contributed by atoms with E-state index in [-0.39, 0.29) is 41.8 Å². The summed E-state index contributed by atoms with van der Waals surface area (Å²) in [6.45, 7) is -0.386. The minimum atomic E-state index is -3.07. The lowest BCUT2D eigenvalue weighted by Gasteiger charge is -2.28. The first-order chi connectivity index (χ1) is 11.0. The van der Waals surface area contributed by atoms with E-state index in [4.69, 9.17) is 4.74 Å². The SMILES string of the molecule is O=C(OCC(=O)N(C1CC1)[C@@H]1CCS(=O)(=O)C1)c1ccccn1. The van der Waals surface area contributed by atoms with E-state index < -0.39 is 15.8 Å². The quantitative estimate of drug-likeness (QED) is 0.722. The molecule has 1 atom stereocenters. The van der Waals surface area contributed by atoms with Gasteiger partial charge in [0, 0.05) is 18.3 Å². The maximum atomic E-state index is 12.4. The van der Waals surface area contributed by atoms with Gasteiger partial charge in [-0.1, -0.05) is 6.07 Å². The summed E-state index contributed by atoms with van der Waals surface area (Å²) < 4.78 is 28.3. The van der Waals surface area contributed by atoms with Crippen LogP contribution < -0.4 is 0 Å². The second-order valence-corrected chi connectivity index (χ2v) is 8.11. The van der Waals surface area contributed by atoms with Gasteiger partial charge in [0.25, 0.3) is 5.91 Å². The standard InChI is InChI=1S/C15H18N2O5S/c18-14(9-22-15(19)13-3-1-2-7-16-13)17(11-4-5-11)12-6-8-23(20,21)10-12/h1-3,7,11-12H,4-6,8-10H2/t12-/m1/s1. The summed E-state index contributed by atoms with van der Waals surface area (Å²) >= 11 is 0. The molecule has 2 fully saturated rings. The molecule has 2 heterocycles. The first-order valence-corrected chi connectivity index (χ1v) is 9.38. The Kier molecular flexibility index (Phi) is 4.34. The third-order valence-corrected chi connectivity index (χ3v) is 5.78. The van der Waals surface area contributed by atoms with Crippen molar-refractivity contribution in [3.8, 4) is 0 Å². The van der Waals surface area contributed by atoms with Gasteiger partial charge in [-0.3, -0.25) is 4.79 Å².